The summed E-state index contributed by atoms with van der Waals surface area (Å²) in [6.07, 6.45) is 2.37. The number of nitrogens with zero attached hydrogens (tertiary/aromatic N) is 2. The lowest BCUT2D eigenvalue weighted by molar-refractivity contribution is 0.418. The van der Waals surface area contributed by atoms with Crippen LogP contribution in [0.3, 0.4) is 0 Å². The molecule has 2 unspecified atom stereocenters. The molecule has 98 valence electrons. The molecule has 17 heavy (non-hydrogen) atoms. The first-order chi connectivity index (χ1) is 7.90. The van der Waals surface area contributed by atoms with Crippen LogP contribution in [0.25, 0.3) is 0 Å². The maximum Gasteiger partial charge on any atom is 0.0857 e. The van der Waals surface area contributed by atoms with Crippen molar-refractivity contribution in [3.05, 3.63) is 10.6 Å². The smallest absolute Gasteiger partial charge is 0.0857 e. The summed E-state index contributed by atoms with van der Waals surface area (Å²) in [6.45, 7) is 11.1. The van der Waals surface area contributed by atoms with Crippen molar-refractivity contribution in [2.24, 2.45) is 5.92 Å². The van der Waals surface area contributed by atoms with E-state index in [1.54, 1.807) is 0 Å². The summed E-state index contributed by atoms with van der Waals surface area (Å²) < 4.78 is 4.14. The molecule has 0 amide bonds. The lowest BCUT2D eigenvalue weighted by Gasteiger charge is -2.23. The Balaban J connectivity index is 2.93. The van der Waals surface area contributed by atoms with E-state index in [-0.39, 0.29) is 5.41 Å². The zero-order valence-corrected chi connectivity index (χ0v) is 12.7. The van der Waals surface area contributed by atoms with Gasteiger partial charge in [0.25, 0.3) is 0 Å². The lowest BCUT2D eigenvalue weighted by atomic mass is 9.88. The summed E-state index contributed by atoms with van der Waals surface area (Å²) in [5, 5.41) is 7.73. The molecule has 0 aromatic carbocycles. The molecule has 1 aromatic heterocycles. The molecule has 0 aliphatic heterocycles. The van der Waals surface area contributed by atoms with Gasteiger partial charge in [0.2, 0.25) is 0 Å². The molecular weight excluding hydrogens is 230 g/mol. The molecule has 0 bridgehead atoms. The van der Waals surface area contributed by atoms with Crippen LogP contribution in [-0.2, 0) is 5.41 Å². The SMILES string of the molecule is CCC(C)CC(NC)c1snnc1C(C)(C)C. The Morgan fingerprint density at radius 2 is 2.00 bits per heavy atom. The fourth-order valence-electron chi connectivity index (χ4n) is 1.87. The zero-order valence-electron chi connectivity index (χ0n) is 11.9. The van der Waals surface area contributed by atoms with Crippen molar-refractivity contribution in [3.8, 4) is 0 Å². The van der Waals surface area contributed by atoms with Crippen LogP contribution in [0, 0.1) is 5.92 Å². The van der Waals surface area contributed by atoms with Crippen LogP contribution in [0.1, 0.15) is 64.1 Å². The highest BCUT2D eigenvalue weighted by Gasteiger charge is 2.27. The van der Waals surface area contributed by atoms with Crippen molar-refractivity contribution in [1.82, 2.24) is 14.9 Å². The van der Waals surface area contributed by atoms with Gasteiger partial charge >= 0.3 is 0 Å². The largest absolute Gasteiger partial charge is 0.312 e. The monoisotopic (exact) mass is 255 g/mol. The third-order valence-corrected chi connectivity index (χ3v) is 4.06. The summed E-state index contributed by atoms with van der Waals surface area (Å²) in [6, 6.07) is 0.388. The first-order valence-electron chi connectivity index (χ1n) is 6.40. The van der Waals surface area contributed by atoms with Gasteiger partial charge in [0.1, 0.15) is 0 Å². The summed E-state index contributed by atoms with van der Waals surface area (Å²) >= 11 is 1.54. The average Bonchev–Trinajstić information content (AvgIpc) is 2.73. The number of nitrogens with one attached hydrogen (secondary N) is 1. The summed E-state index contributed by atoms with van der Waals surface area (Å²) in [5.74, 6) is 0.724. The highest BCUT2D eigenvalue weighted by Crippen LogP contribution is 2.33. The van der Waals surface area contributed by atoms with E-state index in [4.69, 9.17) is 0 Å². The first-order valence-corrected chi connectivity index (χ1v) is 7.17. The van der Waals surface area contributed by atoms with Gasteiger partial charge < -0.3 is 5.32 Å². The number of rotatable bonds is 5. The second-order valence-electron chi connectivity index (χ2n) is 5.83. The second-order valence-corrected chi connectivity index (χ2v) is 6.61. The predicted molar refractivity (Wildman–Crippen MR) is 74.5 cm³/mol. The summed E-state index contributed by atoms with van der Waals surface area (Å²) in [5.41, 5.74) is 1.22. The van der Waals surface area contributed by atoms with E-state index in [9.17, 15) is 0 Å². The van der Waals surface area contributed by atoms with Crippen molar-refractivity contribution in [2.45, 2.75) is 58.9 Å². The van der Waals surface area contributed by atoms with Gasteiger partial charge in [-0.15, -0.1) is 5.10 Å². The van der Waals surface area contributed by atoms with Crippen LogP contribution in [0.15, 0.2) is 0 Å². The molecule has 0 spiro atoms. The van der Waals surface area contributed by atoms with Crippen LogP contribution in [0.4, 0.5) is 0 Å². The Morgan fingerprint density at radius 3 is 2.47 bits per heavy atom. The van der Waals surface area contributed by atoms with Gasteiger partial charge in [-0.1, -0.05) is 45.5 Å². The molecule has 2 atom stereocenters. The van der Waals surface area contributed by atoms with Gasteiger partial charge in [-0.25, -0.2) is 0 Å². The van der Waals surface area contributed by atoms with Gasteiger partial charge in [0, 0.05) is 11.5 Å². The Morgan fingerprint density at radius 1 is 1.35 bits per heavy atom. The third-order valence-electron chi connectivity index (χ3n) is 3.22. The Hall–Kier alpha value is -0.480. The highest BCUT2D eigenvalue weighted by atomic mass is 32.1. The standard InChI is InChI=1S/C13H25N3S/c1-7-9(2)8-10(14-6)11-12(13(3,4)5)15-16-17-11/h9-10,14H,7-8H2,1-6H3. The molecular formula is C13H25N3S. The van der Waals surface area contributed by atoms with Crippen LogP contribution in [0.2, 0.25) is 0 Å². The topological polar surface area (TPSA) is 37.8 Å². The Bertz CT molecular complexity index is 341. The van der Waals surface area contributed by atoms with Crippen molar-refractivity contribution < 1.29 is 0 Å². The molecule has 3 nitrogen and oxygen atoms in total. The lowest BCUT2D eigenvalue weighted by Crippen LogP contribution is -2.23. The molecule has 1 N–H and O–H groups in total. The van der Waals surface area contributed by atoms with Crippen molar-refractivity contribution in [2.75, 3.05) is 7.05 Å². The van der Waals surface area contributed by atoms with Gasteiger partial charge in [0.05, 0.1) is 10.6 Å². The summed E-state index contributed by atoms with van der Waals surface area (Å²) in [7, 11) is 2.03. The van der Waals surface area contributed by atoms with E-state index in [0.29, 0.717) is 6.04 Å². The number of aromatic nitrogens is 2. The maximum absolute atomic E-state index is 4.32. The van der Waals surface area contributed by atoms with Crippen molar-refractivity contribution in [3.63, 3.8) is 0 Å². The molecule has 4 heteroatoms. The van der Waals surface area contributed by atoms with Crippen LogP contribution in [-0.4, -0.2) is 16.6 Å². The molecule has 0 fully saturated rings. The minimum absolute atomic E-state index is 0.0763. The average molecular weight is 255 g/mol. The zero-order chi connectivity index (χ0) is 13.1. The number of hydrogen-bond donors (Lipinski definition) is 1. The van der Waals surface area contributed by atoms with Crippen LogP contribution < -0.4 is 5.32 Å². The predicted octanol–water partition coefficient (Wildman–Crippen LogP) is 3.53. The van der Waals surface area contributed by atoms with E-state index in [1.807, 2.05) is 7.05 Å². The molecule has 0 saturated carbocycles. The third kappa shape index (κ3) is 3.75. The van der Waals surface area contributed by atoms with Crippen molar-refractivity contribution >= 4 is 11.5 Å². The van der Waals surface area contributed by atoms with Gasteiger partial charge in [-0.2, -0.15) is 0 Å². The quantitative estimate of drug-likeness (QED) is 0.874. The fourth-order valence-corrected chi connectivity index (χ4v) is 2.86. The summed E-state index contributed by atoms with van der Waals surface area (Å²) in [4.78, 5) is 1.31. The van der Waals surface area contributed by atoms with Gasteiger partial charge in [0.15, 0.2) is 0 Å². The van der Waals surface area contributed by atoms with E-state index in [2.05, 4.69) is 49.5 Å². The molecule has 0 aliphatic carbocycles. The first kappa shape index (κ1) is 14.6. The maximum atomic E-state index is 4.32. The molecule has 1 aromatic rings. The van der Waals surface area contributed by atoms with Crippen LogP contribution in [0.5, 0.6) is 0 Å². The Kier molecular flexibility index (Phi) is 5.07. The highest BCUT2D eigenvalue weighted by molar-refractivity contribution is 7.05. The van der Waals surface area contributed by atoms with E-state index >= 15 is 0 Å². The fraction of sp³-hybridized carbons (Fsp3) is 0.846. The van der Waals surface area contributed by atoms with Crippen molar-refractivity contribution in [1.29, 1.82) is 0 Å². The molecule has 1 heterocycles. The minimum Gasteiger partial charge on any atom is -0.312 e. The molecule has 0 radical (unpaired) electrons. The normalized spacial score (nSPS) is 15.9. The second kappa shape index (κ2) is 5.91. The van der Waals surface area contributed by atoms with E-state index < -0.39 is 0 Å². The van der Waals surface area contributed by atoms with Gasteiger partial charge in [-0.3, -0.25) is 0 Å². The van der Waals surface area contributed by atoms with Crippen LogP contribution >= 0.6 is 11.5 Å². The molecule has 0 saturated heterocycles. The van der Waals surface area contributed by atoms with Gasteiger partial charge in [-0.05, 0) is 30.9 Å². The Labute approximate surface area is 109 Å². The minimum atomic E-state index is 0.0763. The molecule has 0 aliphatic rings. The number of hydrogen-bond acceptors (Lipinski definition) is 4. The van der Waals surface area contributed by atoms with E-state index in [1.165, 1.54) is 22.8 Å². The van der Waals surface area contributed by atoms with E-state index in [0.717, 1.165) is 18.0 Å². The molecule has 1 rings (SSSR count).